The van der Waals surface area contributed by atoms with E-state index in [0.717, 1.165) is 6.07 Å². The number of hydrogen-bond acceptors (Lipinski definition) is 5. The molecule has 128 valence electrons. The maximum Gasteiger partial charge on any atom is 0.263 e. The van der Waals surface area contributed by atoms with Crippen molar-refractivity contribution in [3.63, 3.8) is 0 Å². The van der Waals surface area contributed by atoms with Crippen molar-refractivity contribution in [3.8, 4) is 0 Å². The lowest BCUT2D eigenvalue weighted by Gasteiger charge is -2.09. The Bertz CT molecular complexity index is 1080. The number of benzene rings is 2. The van der Waals surface area contributed by atoms with E-state index in [1.54, 1.807) is 30.3 Å². The summed E-state index contributed by atoms with van der Waals surface area (Å²) in [5.74, 6) is 0.152. The number of anilines is 1. The van der Waals surface area contributed by atoms with Crippen molar-refractivity contribution in [3.05, 3.63) is 79.0 Å². The zero-order chi connectivity index (χ0) is 17.9. The number of nitrogens with zero attached hydrogens (tertiary/aromatic N) is 1. The van der Waals surface area contributed by atoms with Gasteiger partial charge in [0.15, 0.2) is 0 Å². The zero-order valence-corrected chi connectivity index (χ0v) is 14.5. The minimum absolute atomic E-state index is 0.0948. The Labute approximate surface area is 146 Å². The van der Waals surface area contributed by atoms with Gasteiger partial charge in [-0.15, -0.1) is 0 Å². The van der Waals surface area contributed by atoms with Crippen LogP contribution in [-0.4, -0.2) is 21.8 Å². The van der Waals surface area contributed by atoms with Gasteiger partial charge >= 0.3 is 0 Å². The summed E-state index contributed by atoms with van der Waals surface area (Å²) >= 11 is 0. The van der Waals surface area contributed by atoms with Crippen LogP contribution in [-0.2, 0) is 19.9 Å². The average Bonchev–Trinajstić information content (AvgIpc) is 2.63. The lowest BCUT2D eigenvalue weighted by molar-refractivity contribution is 0.595. The monoisotopic (exact) mass is 374 g/mol. The molecule has 0 atom stereocenters. The predicted molar refractivity (Wildman–Crippen MR) is 93.4 cm³/mol. The summed E-state index contributed by atoms with van der Waals surface area (Å²) in [7, 11) is -7.76. The molecule has 0 spiro atoms. The first-order valence-electron chi connectivity index (χ1n) is 7.24. The summed E-state index contributed by atoms with van der Waals surface area (Å²) in [6, 6.07) is 17.9. The molecular formula is C17H14N2O4S2. The highest BCUT2D eigenvalue weighted by molar-refractivity contribution is 7.93. The Morgan fingerprint density at radius 1 is 0.680 bits per heavy atom. The third kappa shape index (κ3) is 3.70. The molecule has 0 aliphatic rings. The first-order chi connectivity index (χ1) is 11.9. The molecule has 1 heterocycles. The first-order valence-corrected chi connectivity index (χ1v) is 10.2. The molecule has 1 aromatic heterocycles. The molecule has 3 aromatic rings. The minimum atomic E-state index is -3.96. The standard InChI is InChI=1S/C17H14N2O4S2/c20-24(21,14-7-2-1-3-8-14)15-9-6-10-16(13-15)25(22,23)19-17-11-4-5-12-18-17/h1-13H,(H,18,19). The second-order valence-corrected chi connectivity index (χ2v) is 8.74. The van der Waals surface area contributed by atoms with Crippen molar-refractivity contribution >= 4 is 25.7 Å². The molecule has 2 aromatic carbocycles. The first kappa shape index (κ1) is 17.1. The lowest BCUT2D eigenvalue weighted by Crippen LogP contribution is -2.14. The normalized spacial score (nSPS) is 11.8. The third-order valence-electron chi connectivity index (χ3n) is 3.38. The molecule has 1 N–H and O–H groups in total. The van der Waals surface area contributed by atoms with Gasteiger partial charge in [0.05, 0.1) is 14.7 Å². The molecule has 6 nitrogen and oxygen atoms in total. The Balaban J connectivity index is 2.00. The summed E-state index contributed by atoms with van der Waals surface area (Å²) < 4.78 is 52.5. The number of sulfonamides is 1. The molecule has 0 bridgehead atoms. The molecule has 0 radical (unpaired) electrons. The Morgan fingerprint density at radius 3 is 2.00 bits per heavy atom. The molecule has 0 aliphatic heterocycles. The van der Waals surface area contributed by atoms with Gasteiger partial charge < -0.3 is 0 Å². The van der Waals surface area contributed by atoms with Crippen LogP contribution in [0.1, 0.15) is 0 Å². The van der Waals surface area contributed by atoms with E-state index in [-0.39, 0.29) is 20.5 Å². The van der Waals surface area contributed by atoms with Crippen LogP contribution in [0.2, 0.25) is 0 Å². The van der Waals surface area contributed by atoms with E-state index in [9.17, 15) is 16.8 Å². The van der Waals surface area contributed by atoms with Gasteiger partial charge in [0.1, 0.15) is 5.82 Å². The van der Waals surface area contributed by atoms with Crippen molar-refractivity contribution in [1.82, 2.24) is 4.98 Å². The van der Waals surface area contributed by atoms with Crippen molar-refractivity contribution in [2.24, 2.45) is 0 Å². The summed E-state index contributed by atoms with van der Waals surface area (Å²) in [5.41, 5.74) is 0. The molecule has 0 saturated heterocycles. The Morgan fingerprint density at radius 2 is 1.32 bits per heavy atom. The molecule has 8 heteroatoms. The fourth-order valence-electron chi connectivity index (χ4n) is 2.16. The second-order valence-electron chi connectivity index (χ2n) is 5.11. The molecule has 0 amide bonds. The highest BCUT2D eigenvalue weighted by atomic mass is 32.2. The lowest BCUT2D eigenvalue weighted by atomic mass is 10.4. The number of nitrogens with one attached hydrogen (secondary N) is 1. The summed E-state index contributed by atoms with van der Waals surface area (Å²) in [5, 5.41) is 0. The number of rotatable bonds is 5. The van der Waals surface area contributed by atoms with Crippen molar-refractivity contribution < 1.29 is 16.8 Å². The number of aromatic nitrogens is 1. The predicted octanol–water partition coefficient (Wildman–Crippen LogP) is 2.72. The smallest absolute Gasteiger partial charge is 0.263 e. The fourth-order valence-corrected chi connectivity index (χ4v) is 4.62. The van der Waals surface area contributed by atoms with E-state index in [2.05, 4.69) is 9.71 Å². The molecule has 0 fully saturated rings. The molecule has 3 rings (SSSR count). The Hall–Kier alpha value is -2.71. The van der Waals surface area contributed by atoms with Gasteiger partial charge in [-0.05, 0) is 42.5 Å². The summed E-state index contributed by atoms with van der Waals surface area (Å²) in [6.45, 7) is 0. The van der Waals surface area contributed by atoms with E-state index in [1.165, 1.54) is 42.6 Å². The van der Waals surface area contributed by atoms with Crippen LogP contribution < -0.4 is 4.72 Å². The molecule has 25 heavy (non-hydrogen) atoms. The SMILES string of the molecule is O=S(=O)(Nc1ccccn1)c1cccc(S(=O)(=O)c2ccccc2)c1. The topological polar surface area (TPSA) is 93.2 Å². The van der Waals surface area contributed by atoms with Crippen molar-refractivity contribution in [1.29, 1.82) is 0 Å². The number of sulfone groups is 1. The van der Waals surface area contributed by atoms with Crippen molar-refractivity contribution in [2.45, 2.75) is 14.7 Å². The Kier molecular flexibility index (Phi) is 4.56. The maximum atomic E-state index is 12.6. The maximum absolute atomic E-state index is 12.6. The van der Waals surface area contributed by atoms with Crippen LogP contribution in [0.15, 0.2) is 93.7 Å². The van der Waals surface area contributed by atoms with Gasteiger partial charge in [0.2, 0.25) is 9.84 Å². The van der Waals surface area contributed by atoms with E-state index < -0.39 is 19.9 Å². The van der Waals surface area contributed by atoms with Gasteiger partial charge in [0.25, 0.3) is 10.0 Å². The van der Waals surface area contributed by atoms with Gasteiger partial charge in [-0.1, -0.05) is 30.3 Å². The fraction of sp³-hybridized carbons (Fsp3) is 0. The van der Waals surface area contributed by atoms with Gasteiger partial charge in [-0.25, -0.2) is 21.8 Å². The minimum Gasteiger partial charge on any atom is -0.263 e. The van der Waals surface area contributed by atoms with Crippen LogP contribution in [0.5, 0.6) is 0 Å². The van der Waals surface area contributed by atoms with Crippen LogP contribution in [0.25, 0.3) is 0 Å². The number of pyridine rings is 1. The van der Waals surface area contributed by atoms with Gasteiger partial charge in [-0.3, -0.25) is 4.72 Å². The molecule has 0 aliphatic carbocycles. The van der Waals surface area contributed by atoms with E-state index in [4.69, 9.17) is 0 Å². The van der Waals surface area contributed by atoms with Crippen LogP contribution in [0.3, 0.4) is 0 Å². The second kappa shape index (κ2) is 6.66. The van der Waals surface area contributed by atoms with Crippen LogP contribution >= 0.6 is 0 Å². The largest absolute Gasteiger partial charge is 0.263 e. The van der Waals surface area contributed by atoms with Crippen LogP contribution in [0.4, 0.5) is 5.82 Å². The highest BCUT2D eigenvalue weighted by Crippen LogP contribution is 2.23. The summed E-state index contributed by atoms with van der Waals surface area (Å²) in [6.07, 6.45) is 1.45. The molecular weight excluding hydrogens is 360 g/mol. The van der Waals surface area contributed by atoms with E-state index in [0.29, 0.717) is 0 Å². The van der Waals surface area contributed by atoms with E-state index in [1.807, 2.05) is 0 Å². The average molecular weight is 374 g/mol. The van der Waals surface area contributed by atoms with E-state index >= 15 is 0 Å². The van der Waals surface area contributed by atoms with Crippen LogP contribution in [0, 0.1) is 0 Å². The number of hydrogen-bond donors (Lipinski definition) is 1. The molecule has 0 unspecified atom stereocenters. The third-order valence-corrected chi connectivity index (χ3v) is 6.50. The van der Waals surface area contributed by atoms with Crippen molar-refractivity contribution in [2.75, 3.05) is 4.72 Å². The quantitative estimate of drug-likeness (QED) is 0.741. The molecule has 0 saturated carbocycles. The van der Waals surface area contributed by atoms with Gasteiger partial charge in [-0.2, -0.15) is 0 Å². The van der Waals surface area contributed by atoms with Gasteiger partial charge in [0, 0.05) is 6.20 Å². The summed E-state index contributed by atoms with van der Waals surface area (Å²) in [4.78, 5) is 3.75. The zero-order valence-electron chi connectivity index (χ0n) is 12.9. The highest BCUT2D eigenvalue weighted by Gasteiger charge is 2.21.